The molecule has 1 aromatic heterocycles. The van der Waals surface area contributed by atoms with Crippen LogP contribution in [0.4, 0.5) is 10.5 Å². The van der Waals surface area contributed by atoms with Crippen molar-refractivity contribution in [2.45, 2.75) is 39.9 Å². The number of fused-ring (bicyclic) bond motifs is 1. The Morgan fingerprint density at radius 3 is 2.43 bits per heavy atom. The van der Waals surface area contributed by atoms with E-state index in [0.29, 0.717) is 32.0 Å². The van der Waals surface area contributed by atoms with Crippen LogP contribution in [-0.2, 0) is 27.9 Å². The van der Waals surface area contributed by atoms with Crippen LogP contribution in [0.25, 0.3) is 11.0 Å². The number of rotatable bonds is 3. The molecule has 28 heavy (non-hydrogen) atoms. The van der Waals surface area contributed by atoms with Crippen LogP contribution < -0.4 is 4.90 Å². The number of imidazole rings is 1. The SMILES string of the molecule is CC(=O)OCc1nc2cccc(N3CCN(C(=O)OC(C)(C)C)CC3)c2n1C. The van der Waals surface area contributed by atoms with Crippen LogP contribution in [0, 0.1) is 0 Å². The second-order valence-electron chi connectivity index (χ2n) is 7.97. The quantitative estimate of drug-likeness (QED) is 0.753. The second-order valence-corrected chi connectivity index (χ2v) is 7.97. The Hall–Kier alpha value is -2.77. The number of carbonyl (C=O) groups excluding carboxylic acids is 2. The van der Waals surface area contributed by atoms with E-state index in [0.717, 1.165) is 16.7 Å². The van der Waals surface area contributed by atoms with Gasteiger partial charge in [0, 0.05) is 40.2 Å². The number of para-hydroxylation sites is 1. The Labute approximate surface area is 165 Å². The van der Waals surface area contributed by atoms with E-state index in [1.165, 1.54) is 6.92 Å². The summed E-state index contributed by atoms with van der Waals surface area (Å²) in [4.78, 5) is 32.0. The minimum Gasteiger partial charge on any atom is -0.458 e. The van der Waals surface area contributed by atoms with Crippen LogP contribution in [0.5, 0.6) is 0 Å². The maximum atomic E-state index is 12.3. The largest absolute Gasteiger partial charge is 0.458 e. The third kappa shape index (κ3) is 4.37. The van der Waals surface area contributed by atoms with Crippen molar-refractivity contribution in [3.8, 4) is 0 Å². The summed E-state index contributed by atoms with van der Waals surface area (Å²) >= 11 is 0. The first-order valence-electron chi connectivity index (χ1n) is 9.46. The van der Waals surface area contributed by atoms with E-state index < -0.39 is 5.60 Å². The third-order valence-electron chi connectivity index (χ3n) is 4.64. The number of anilines is 1. The number of piperazine rings is 1. The topological polar surface area (TPSA) is 76.9 Å². The van der Waals surface area contributed by atoms with Crippen molar-refractivity contribution in [2.75, 3.05) is 31.1 Å². The molecule has 2 heterocycles. The summed E-state index contributed by atoms with van der Waals surface area (Å²) in [5.41, 5.74) is 2.42. The number of benzene rings is 1. The maximum absolute atomic E-state index is 12.3. The Bertz CT molecular complexity index is 876. The van der Waals surface area contributed by atoms with Crippen molar-refractivity contribution in [3.63, 3.8) is 0 Å². The summed E-state index contributed by atoms with van der Waals surface area (Å²) in [5.74, 6) is 0.371. The summed E-state index contributed by atoms with van der Waals surface area (Å²) in [6.45, 7) is 9.77. The van der Waals surface area contributed by atoms with E-state index >= 15 is 0 Å². The van der Waals surface area contributed by atoms with Gasteiger partial charge in [0.15, 0.2) is 0 Å². The Kier molecular flexibility index (Phi) is 5.49. The van der Waals surface area contributed by atoms with Crippen molar-refractivity contribution < 1.29 is 19.1 Å². The van der Waals surface area contributed by atoms with Crippen LogP contribution in [-0.4, -0.2) is 58.3 Å². The molecule has 1 aliphatic heterocycles. The average molecular weight is 388 g/mol. The van der Waals surface area contributed by atoms with Crippen LogP contribution in [0.15, 0.2) is 18.2 Å². The fourth-order valence-corrected chi connectivity index (χ4v) is 3.30. The first-order chi connectivity index (χ1) is 13.2. The highest BCUT2D eigenvalue weighted by atomic mass is 16.6. The number of amides is 1. The van der Waals surface area contributed by atoms with Crippen molar-refractivity contribution in [2.24, 2.45) is 7.05 Å². The van der Waals surface area contributed by atoms with E-state index in [1.54, 1.807) is 4.90 Å². The molecule has 0 unspecified atom stereocenters. The molecule has 0 atom stereocenters. The van der Waals surface area contributed by atoms with Gasteiger partial charge in [0.05, 0.1) is 16.7 Å². The molecule has 0 bridgehead atoms. The van der Waals surface area contributed by atoms with Crippen LogP contribution in [0.1, 0.15) is 33.5 Å². The van der Waals surface area contributed by atoms with Crippen LogP contribution in [0.3, 0.4) is 0 Å². The van der Waals surface area contributed by atoms with Gasteiger partial charge in [-0.3, -0.25) is 4.79 Å². The van der Waals surface area contributed by atoms with Gasteiger partial charge in [-0.25, -0.2) is 9.78 Å². The highest BCUT2D eigenvalue weighted by molar-refractivity contribution is 5.90. The molecule has 152 valence electrons. The highest BCUT2D eigenvalue weighted by Gasteiger charge is 2.27. The molecule has 0 N–H and O–H groups in total. The fourth-order valence-electron chi connectivity index (χ4n) is 3.30. The lowest BCUT2D eigenvalue weighted by Gasteiger charge is -2.37. The molecule has 0 radical (unpaired) electrons. The number of hydrogen-bond acceptors (Lipinski definition) is 6. The van der Waals surface area contributed by atoms with Gasteiger partial charge in [0.2, 0.25) is 0 Å². The third-order valence-corrected chi connectivity index (χ3v) is 4.64. The number of hydrogen-bond donors (Lipinski definition) is 0. The zero-order chi connectivity index (χ0) is 20.5. The Balaban J connectivity index is 1.76. The van der Waals surface area contributed by atoms with Gasteiger partial charge in [-0.15, -0.1) is 0 Å². The zero-order valence-electron chi connectivity index (χ0n) is 17.2. The molecular formula is C20H28N4O4. The van der Waals surface area contributed by atoms with Crippen molar-refractivity contribution >= 4 is 28.8 Å². The lowest BCUT2D eigenvalue weighted by molar-refractivity contribution is -0.142. The maximum Gasteiger partial charge on any atom is 0.410 e. The van der Waals surface area contributed by atoms with Gasteiger partial charge in [-0.2, -0.15) is 0 Å². The van der Waals surface area contributed by atoms with Crippen molar-refractivity contribution in [3.05, 3.63) is 24.0 Å². The van der Waals surface area contributed by atoms with Gasteiger partial charge >= 0.3 is 12.1 Å². The normalized spacial score (nSPS) is 15.0. The molecule has 1 fully saturated rings. The lowest BCUT2D eigenvalue weighted by Crippen LogP contribution is -2.50. The first-order valence-corrected chi connectivity index (χ1v) is 9.46. The van der Waals surface area contributed by atoms with Crippen LogP contribution in [0.2, 0.25) is 0 Å². The van der Waals surface area contributed by atoms with Gasteiger partial charge in [-0.1, -0.05) is 6.07 Å². The number of nitrogens with zero attached hydrogens (tertiary/aromatic N) is 4. The van der Waals surface area contributed by atoms with E-state index in [-0.39, 0.29) is 18.7 Å². The van der Waals surface area contributed by atoms with Gasteiger partial charge in [0.25, 0.3) is 0 Å². The molecule has 1 saturated heterocycles. The Morgan fingerprint density at radius 1 is 1.14 bits per heavy atom. The summed E-state index contributed by atoms with van der Waals surface area (Å²) in [5, 5.41) is 0. The molecule has 3 rings (SSSR count). The van der Waals surface area contributed by atoms with Gasteiger partial charge in [0.1, 0.15) is 18.0 Å². The number of aryl methyl sites for hydroxylation is 1. The molecule has 0 aliphatic carbocycles. The molecule has 1 aromatic carbocycles. The molecule has 8 nitrogen and oxygen atoms in total. The second kappa shape index (κ2) is 7.69. The summed E-state index contributed by atoms with van der Waals surface area (Å²) in [7, 11) is 1.93. The molecule has 1 aliphatic rings. The number of esters is 1. The smallest absolute Gasteiger partial charge is 0.410 e. The van der Waals surface area contributed by atoms with E-state index in [1.807, 2.05) is 44.5 Å². The van der Waals surface area contributed by atoms with E-state index in [9.17, 15) is 9.59 Å². The highest BCUT2D eigenvalue weighted by Crippen LogP contribution is 2.28. The average Bonchev–Trinajstić information content (AvgIpc) is 2.95. The van der Waals surface area contributed by atoms with E-state index in [2.05, 4.69) is 16.0 Å². The molecule has 8 heteroatoms. The molecule has 0 spiro atoms. The minimum absolute atomic E-state index is 0.145. The van der Waals surface area contributed by atoms with Crippen molar-refractivity contribution in [1.29, 1.82) is 0 Å². The summed E-state index contributed by atoms with van der Waals surface area (Å²) in [6, 6.07) is 5.98. The molecule has 1 amide bonds. The predicted molar refractivity (Wildman–Crippen MR) is 106 cm³/mol. The fraction of sp³-hybridized carbons (Fsp3) is 0.550. The number of aromatic nitrogens is 2. The molecule has 0 saturated carbocycles. The molecular weight excluding hydrogens is 360 g/mol. The van der Waals surface area contributed by atoms with Gasteiger partial charge < -0.3 is 23.8 Å². The number of ether oxygens (including phenoxy) is 2. The zero-order valence-corrected chi connectivity index (χ0v) is 17.2. The first kappa shape index (κ1) is 20.0. The van der Waals surface area contributed by atoms with Crippen molar-refractivity contribution in [1.82, 2.24) is 14.5 Å². The van der Waals surface area contributed by atoms with E-state index in [4.69, 9.17) is 9.47 Å². The number of carbonyl (C=O) groups is 2. The lowest BCUT2D eigenvalue weighted by atomic mass is 10.2. The standard InChI is InChI=1S/C20H28N4O4/c1-14(25)27-13-17-21-15-7-6-8-16(18(15)22(17)5)23-9-11-24(12-10-23)19(26)28-20(2,3)4/h6-8H,9-13H2,1-5H3. The van der Waals surface area contributed by atoms with Crippen LogP contribution >= 0.6 is 0 Å². The Morgan fingerprint density at radius 2 is 1.82 bits per heavy atom. The minimum atomic E-state index is -0.493. The summed E-state index contributed by atoms with van der Waals surface area (Å²) < 4.78 is 12.5. The van der Waals surface area contributed by atoms with Gasteiger partial charge in [-0.05, 0) is 32.9 Å². The molecule has 2 aromatic rings. The summed E-state index contributed by atoms with van der Waals surface area (Å²) in [6.07, 6.45) is -0.269. The predicted octanol–water partition coefficient (Wildman–Crippen LogP) is 2.69. The monoisotopic (exact) mass is 388 g/mol.